The Morgan fingerprint density at radius 2 is 2.00 bits per heavy atom. The number of aliphatic imine (C=N–C) groups is 1. The number of nitrogens with one attached hydrogen (secondary N) is 3. The van der Waals surface area contributed by atoms with Crippen LogP contribution in [0.25, 0.3) is 0 Å². The number of carbonyl (C=O) groups is 2. The molecule has 2 amide bonds. The van der Waals surface area contributed by atoms with Crippen molar-refractivity contribution in [3.63, 3.8) is 0 Å². The number of amides is 2. The van der Waals surface area contributed by atoms with Gasteiger partial charge < -0.3 is 16.0 Å². The second-order valence-electron chi connectivity index (χ2n) is 5.66. The maximum atomic E-state index is 14.0. The van der Waals surface area contributed by atoms with Crippen molar-refractivity contribution in [3.8, 4) is 0 Å². The van der Waals surface area contributed by atoms with E-state index in [0.29, 0.717) is 18.2 Å². The van der Waals surface area contributed by atoms with E-state index in [4.69, 9.17) is 0 Å². The maximum absolute atomic E-state index is 14.0. The molecule has 2 atom stereocenters. The predicted molar refractivity (Wildman–Crippen MR) is 85.3 cm³/mol. The van der Waals surface area contributed by atoms with Gasteiger partial charge in [0.2, 0.25) is 11.6 Å². The van der Waals surface area contributed by atoms with E-state index in [1.165, 1.54) is 26.2 Å². The van der Waals surface area contributed by atoms with Gasteiger partial charge in [0.1, 0.15) is 5.82 Å². The Bertz CT molecular complexity index is 776. The number of nitrogens with zero attached hydrogens (tertiary/aromatic N) is 1. The van der Waals surface area contributed by atoms with Crippen molar-refractivity contribution in [3.05, 3.63) is 47.5 Å². The average molecular weight is 372 g/mol. The molecule has 0 saturated heterocycles. The summed E-state index contributed by atoms with van der Waals surface area (Å²) in [6.07, 6.45) is -0.876. The summed E-state index contributed by atoms with van der Waals surface area (Å²) in [6, 6.07) is 0.837. The first kappa shape index (κ1) is 19.4. The molecule has 0 aliphatic carbocycles. The minimum Gasteiger partial charge on any atom is -0.355 e. The average Bonchev–Trinajstić information content (AvgIpc) is 2.54. The molecule has 3 N–H and O–H groups in total. The van der Waals surface area contributed by atoms with E-state index in [-0.39, 0.29) is 5.56 Å². The summed E-state index contributed by atoms with van der Waals surface area (Å²) in [6.45, 7) is 2.51. The highest BCUT2D eigenvalue weighted by Crippen LogP contribution is 2.31. The monoisotopic (exact) mass is 372 g/mol. The Hall–Kier alpha value is -2.91. The summed E-state index contributed by atoms with van der Waals surface area (Å²) >= 11 is 0. The smallest absolute Gasteiger partial charge is 0.355 e. The molecule has 2 rings (SSSR count). The quantitative estimate of drug-likeness (QED) is 0.707. The third kappa shape index (κ3) is 4.19. The molecule has 1 aliphatic rings. The first-order chi connectivity index (χ1) is 12.0. The van der Waals surface area contributed by atoms with Crippen LogP contribution in [0.4, 0.5) is 17.6 Å². The van der Waals surface area contributed by atoms with Crippen molar-refractivity contribution in [2.24, 2.45) is 4.99 Å². The van der Waals surface area contributed by atoms with Gasteiger partial charge in [-0.1, -0.05) is 0 Å². The molecule has 1 aliphatic heterocycles. The van der Waals surface area contributed by atoms with E-state index >= 15 is 0 Å². The molecule has 0 fully saturated rings. The van der Waals surface area contributed by atoms with Gasteiger partial charge >= 0.3 is 6.18 Å². The maximum Gasteiger partial charge on any atom is 0.416 e. The fourth-order valence-corrected chi connectivity index (χ4v) is 2.37. The lowest BCUT2D eigenvalue weighted by Gasteiger charge is -2.32. The van der Waals surface area contributed by atoms with Gasteiger partial charge in [-0.15, -0.1) is 0 Å². The van der Waals surface area contributed by atoms with Gasteiger partial charge in [-0.3, -0.25) is 14.6 Å². The van der Waals surface area contributed by atoms with Crippen LogP contribution in [0.15, 0.2) is 35.6 Å². The molecule has 1 heterocycles. The van der Waals surface area contributed by atoms with Crippen LogP contribution >= 0.6 is 0 Å². The third-order valence-corrected chi connectivity index (χ3v) is 3.61. The zero-order valence-corrected chi connectivity index (χ0v) is 13.8. The number of hydrogen-bond donors (Lipinski definition) is 3. The molecule has 1 aromatic carbocycles. The Kier molecular flexibility index (Phi) is 5.33. The summed E-state index contributed by atoms with van der Waals surface area (Å²) < 4.78 is 52.5. The van der Waals surface area contributed by atoms with Crippen molar-refractivity contribution < 1.29 is 27.2 Å². The predicted octanol–water partition coefficient (Wildman–Crippen LogP) is 2.00. The van der Waals surface area contributed by atoms with Crippen LogP contribution in [0.3, 0.4) is 0 Å². The SMILES string of the molecule is CC(=O)NC1(C(=O)NC(C)c2cc(C(F)(F)F)ccc2F)C=NC=CN1. The second-order valence-corrected chi connectivity index (χ2v) is 5.66. The van der Waals surface area contributed by atoms with Gasteiger partial charge in [0, 0.05) is 24.9 Å². The van der Waals surface area contributed by atoms with E-state index in [0.717, 1.165) is 6.21 Å². The van der Waals surface area contributed by atoms with Crippen LogP contribution in [0.1, 0.15) is 31.0 Å². The molecule has 2 unspecified atom stereocenters. The molecule has 0 saturated carbocycles. The highest BCUT2D eigenvalue weighted by molar-refractivity contribution is 6.06. The van der Waals surface area contributed by atoms with Gasteiger partial charge in [0.05, 0.1) is 17.8 Å². The Morgan fingerprint density at radius 3 is 2.54 bits per heavy atom. The lowest BCUT2D eigenvalue weighted by Crippen LogP contribution is -2.67. The largest absolute Gasteiger partial charge is 0.416 e. The zero-order valence-electron chi connectivity index (χ0n) is 13.8. The molecular formula is C16H16F4N4O2. The summed E-state index contributed by atoms with van der Waals surface area (Å²) in [5.41, 5.74) is -3.10. The normalized spacial score (nSPS) is 20.2. The first-order valence-corrected chi connectivity index (χ1v) is 7.48. The van der Waals surface area contributed by atoms with Crippen LogP contribution in [-0.2, 0) is 15.8 Å². The minimum absolute atomic E-state index is 0.338. The minimum atomic E-state index is -4.65. The van der Waals surface area contributed by atoms with Crippen molar-refractivity contribution in [1.29, 1.82) is 0 Å². The molecule has 1 aromatic rings. The summed E-state index contributed by atoms with van der Waals surface area (Å²) in [5, 5.41) is 7.37. The molecule has 0 bridgehead atoms. The van der Waals surface area contributed by atoms with Crippen molar-refractivity contribution in [2.75, 3.05) is 0 Å². The first-order valence-electron chi connectivity index (χ1n) is 7.48. The molecule has 140 valence electrons. The molecule has 0 spiro atoms. The van der Waals surface area contributed by atoms with E-state index in [9.17, 15) is 27.2 Å². The van der Waals surface area contributed by atoms with Crippen LogP contribution in [0, 0.1) is 5.82 Å². The van der Waals surface area contributed by atoms with E-state index < -0.39 is 41.1 Å². The number of benzene rings is 1. The zero-order chi connectivity index (χ0) is 19.5. The number of carbonyl (C=O) groups excluding carboxylic acids is 2. The third-order valence-electron chi connectivity index (χ3n) is 3.61. The number of rotatable bonds is 4. The molecule has 0 radical (unpaired) electrons. The Morgan fingerprint density at radius 1 is 1.31 bits per heavy atom. The molecule has 6 nitrogen and oxygen atoms in total. The topological polar surface area (TPSA) is 82.6 Å². The van der Waals surface area contributed by atoms with Gasteiger partial charge in [0.25, 0.3) is 5.91 Å². The standard InChI is InChI=1S/C16H16F4N4O2/c1-9(12-7-11(16(18,19)20)3-4-13(12)17)23-14(26)15(24-10(2)25)8-21-5-6-22-15/h3-9,22H,1-2H3,(H,23,26)(H,24,25). The van der Waals surface area contributed by atoms with Gasteiger partial charge in [-0.25, -0.2) is 4.39 Å². The summed E-state index contributed by atoms with van der Waals surface area (Å²) in [4.78, 5) is 27.7. The molecular weight excluding hydrogens is 356 g/mol. The van der Waals surface area contributed by atoms with Crippen LogP contribution in [0.5, 0.6) is 0 Å². The molecule has 0 aromatic heterocycles. The van der Waals surface area contributed by atoms with Gasteiger partial charge in [-0.2, -0.15) is 13.2 Å². The molecule has 26 heavy (non-hydrogen) atoms. The van der Waals surface area contributed by atoms with E-state index in [1.807, 2.05) is 0 Å². The summed E-state index contributed by atoms with van der Waals surface area (Å²) in [7, 11) is 0. The fraction of sp³-hybridized carbons (Fsp3) is 0.312. The number of halogens is 4. The van der Waals surface area contributed by atoms with E-state index in [2.05, 4.69) is 20.9 Å². The molecule has 10 heteroatoms. The Labute approximate surface area is 146 Å². The number of hydrogen-bond acceptors (Lipinski definition) is 4. The lowest BCUT2D eigenvalue weighted by molar-refractivity contribution is -0.137. The van der Waals surface area contributed by atoms with Crippen LogP contribution in [0.2, 0.25) is 0 Å². The van der Waals surface area contributed by atoms with Crippen molar-refractivity contribution in [1.82, 2.24) is 16.0 Å². The van der Waals surface area contributed by atoms with Gasteiger partial charge in [0.15, 0.2) is 0 Å². The lowest BCUT2D eigenvalue weighted by atomic mass is 10.0. The number of alkyl halides is 3. The van der Waals surface area contributed by atoms with Crippen LogP contribution in [-0.4, -0.2) is 23.7 Å². The van der Waals surface area contributed by atoms with Crippen molar-refractivity contribution in [2.45, 2.75) is 31.7 Å². The second kappa shape index (κ2) is 7.14. The van der Waals surface area contributed by atoms with Crippen LogP contribution < -0.4 is 16.0 Å². The summed E-state index contributed by atoms with van der Waals surface area (Å²) in [5.74, 6) is -2.26. The Balaban J connectivity index is 2.27. The highest BCUT2D eigenvalue weighted by atomic mass is 19.4. The van der Waals surface area contributed by atoms with Crippen molar-refractivity contribution >= 4 is 18.0 Å². The fourth-order valence-electron chi connectivity index (χ4n) is 2.37. The van der Waals surface area contributed by atoms with Gasteiger partial charge in [-0.05, 0) is 25.1 Å². The highest BCUT2D eigenvalue weighted by Gasteiger charge is 2.39. The van der Waals surface area contributed by atoms with E-state index in [1.54, 1.807) is 0 Å².